The Balaban J connectivity index is 1.46. The molecule has 1 aliphatic rings. The summed E-state index contributed by atoms with van der Waals surface area (Å²) in [6.07, 6.45) is 8.25. The molecule has 1 saturated carbocycles. The first kappa shape index (κ1) is 23.4. The second-order valence-corrected chi connectivity index (χ2v) is 8.75. The highest BCUT2D eigenvalue weighted by Crippen LogP contribution is 2.34. The van der Waals surface area contributed by atoms with Crippen LogP contribution in [0.3, 0.4) is 0 Å². The van der Waals surface area contributed by atoms with E-state index in [1.807, 2.05) is 18.0 Å². The third-order valence-electron chi connectivity index (χ3n) is 6.10. The zero-order chi connectivity index (χ0) is 22.2. The summed E-state index contributed by atoms with van der Waals surface area (Å²) in [7, 11) is 1.83. The maximum atomic E-state index is 13.5. The first-order valence-corrected chi connectivity index (χ1v) is 11.3. The first-order valence-electron chi connectivity index (χ1n) is 11.3. The third-order valence-corrected chi connectivity index (χ3v) is 6.10. The lowest BCUT2D eigenvalue weighted by molar-refractivity contribution is 0.00206. The summed E-state index contributed by atoms with van der Waals surface area (Å²) in [5.74, 6) is 0.451. The summed E-state index contributed by atoms with van der Waals surface area (Å²) in [5.41, 5.74) is 7.35. The number of amides is 1. The maximum absolute atomic E-state index is 13.5. The summed E-state index contributed by atoms with van der Waals surface area (Å²) in [5, 5.41) is 0. The number of imidazole rings is 1. The van der Waals surface area contributed by atoms with Gasteiger partial charge in [-0.1, -0.05) is 19.1 Å². The highest BCUT2D eigenvalue weighted by Gasteiger charge is 2.25. The van der Waals surface area contributed by atoms with Crippen molar-refractivity contribution >= 4 is 5.91 Å². The monoisotopic (exact) mass is 430 g/mol. The van der Waals surface area contributed by atoms with E-state index >= 15 is 0 Å². The summed E-state index contributed by atoms with van der Waals surface area (Å²) >= 11 is 0. The molecule has 2 N–H and O–H groups in total. The molecule has 1 atom stereocenters. The van der Waals surface area contributed by atoms with Gasteiger partial charge in [-0.15, -0.1) is 0 Å². The van der Waals surface area contributed by atoms with Gasteiger partial charge in [0, 0.05) is 20.1 Å². The van der Waals surface area contributed by atoms with Crippen molar-refractivity contribution in [1.82, 2.24) is 14.5 Å². The van der Waals surface area contributed by atoms with Crippen LogP contribution in [0.2, 0.25) is 0 Å². The molecule has 1 heterocycles. The van der Waals surface area contributed by atoms with Crippen molar-refractivity contribution in [1.29, 1.82) is 0 Å². The maximum Gasteiger partial charge on any atom is 0.272 e. The molecule has 31 heavy (non-hydrogen) atoms. The highest BCUT2D eigenvalue weighted by atomic mass is 19.1. The van der Waals surface area contributed by atoms with Crippen molar-refractivity contribution in [2.75, 3.05) is 26.2 Å². The minimum atomic E-state index is -0.162. The molecule has 0 bridgehead atoms. The average Bonchev–Trinajstić information content (AvgIpc) is 3.21. The lowest BCUT2D eigenvalue weighted by atomic mass is 9.82. The Morgan fingerprint density at radius 3 is 2.77 bits per heavy atom. The van der Waals surface area contributed by atoms with Gasteiger partial charge < -0.3 is 19.9 Å². The van der Waals surface area contributed by atoms with E-state index in [9.17, 15) is 9.18 Å². The molecule has 7 heteroatoms. The van der Waals surface area contributed by atoms with Crippen LogP contribution in [0.4, 0.5) is 4.39 Å². The van der Waals surface area contributed by atoms with Crippen molar-refractivity contribution in [3.05, 3.63) is 53.9 Å². The predicted octanol–water partition coefficient (Wildman–Crippen LogP) is 3.73. The van der Waals surface area contributed by atoms with Gasteiger partial charge in [-0.05, 0) is 68.2 Å². The zero-order valence-electron chi connectivity index (χ0n) is 18.7. The van der Waals surface area contributed by atoms with Crippen LogP contribution in [0.1, 0.15) is 61.0 Å². The normalized spacial score (nSPS) is 19.9. The Morgan fingerprint density at radius 1 is 1.35 bits per heavy atom. The Labute approximate surface area is 184 Å². The molecule has 1 unspecified atom stereocenters. The number of aryl methyl sites for hydroxylation is 1. The molecule has 2 aromatic rings. The van der Waals surface area contributed by atoms with Crippen molar-refractivity contribution in [3.8, 4) is 0 Å². The minimum absolute atomic E-state index is 0.0177. The fraction of sp³-hybridized carbons (Fsp3) is 0.583. The lowest BCUT2D eigenvalue weighted by Gasteiger charge is -2.31. The molecular formula is C24H35FN4O2. The van der Waals surface area contributed by atoms with Gasteiger partial charge in [0.25, 0.3) is 5.91 Å². The number of nitrogens with zero attached hydrogens (tertiary/aromatic N) is 3. The fourth-order valence-corrected chi connectivity index (χ4v) is 4.34. The van der Waals surface area contributed by atoms with Crippen molar-refractivity contribution in [3.63, 3.8) is 0 Å². The number of aromatic nitrogens is 2. The molecule has 1 aliphatic carbocycles. The topological polar surface area (TPSA) is 73.4 Å². The molecule has 170 valence electrons. The van der Waals surface area contributed by atoms with E-state index in [0.717, 1.165) is 37.7 Å². The Hall–Kier alpha value is -2.25. The number of nitrogens with two attached hydrogens (primary N) is 1. The molecule has 0 saturated heterocycles. The zero-order valence-corrected chi connectivity index (χ0v) is 18.7. The molecule has 6 nitrogen and oxygen atoms in total. The molecule has 3 rings (SSSR count). The van der Waals surface area contributed by atoms with Crippen LogP contribution in [-0.2, 0) is 11.8 Å². The second kappa shape index (κ2) is 11.4. The molecule has 1 fully saturated rings. The van der Waals surface area contributed by atoms with Gasteiger partial charge in [-0.2, -0.15) is 0 Å². The lowest BCUT2D eigenvalue weighted by Crippen LogP contribution is -2.38. The number of ether oxygens (including phenoxy) is 1. The first-order chi connectivity index (χ1) is 15.0. The Bertz CT molecular complexity index is 832. The molecule has 0 radical (unpaired) electrons. The number of rotatable bonds is 10. The molecule has 1 aromatic heterocycles. The van der Waals surface area contributed by atoms with Gasteiger partial charge in [0.1, 0.15) is 11.5 Å². The molecule has 1 amide bonds. The summed E-state index contributed by atoms with van der Waals surface area (Å²) in [6, 6.07) is 6.96. The summed E-state index contributed by atoms with van der Waals surface area (Å²) in [4.78, 5) is 18.8. The van der Waals surface area contributed by atoms with Crippen LogP contribution >= 0.6 is 0 Å². The Morgan fingerprint density at radius 2 is 2.13 bits per heavy atom. The average molecular weight is 431 g/mol. The SMILES string of the molecule is CC(CO[C@H]1CC[C@@H](c2cccc(F)c2)CC1)CN(CCCN)C(=O)c1cncn1C. The molecule has 0 spiro atoms. The van der Waals surface area contributed by atoms with E-state index in [2.05, 4.69) is 11.9 Å². The predicted molar refractivity (Wildman–Crippen MR) is 119 cm³/mol. The summed E-state index contributed by atoms with van der Waals surface area (Å²) < 4.78 is 21.4. The molecule has 1 aromatic carbocycles. The van der Waals surface area contributed by atoms with E-state index < -0.39 is 0 Å². The smallest absolute Gasteiger partial charge is 0.272 e. The Kier molecular flexibility index (Phi) is 8.60. The van der Waals surface area contributed by atoms with Crippen molar-refractivity contribution in [2.45, 2.75) is 51.0 Å². The number of halogens is 1. The summed E-state index contributed by atoms with van der Waals surface area (Å²) in [6.45, 7) is 4.54. The van der Waals surface area contributed by atoms with E-state index in [4.69, 9.17) is 10.5 Å². The minimum Gasteiger partial charge on any atom is -0.378 e. The van der Waals surface area contributed by atoms with Crippen molar-refractivity contribution in [2.24, 2.45) is 18.7 Å². The number of carbonyl (C=O) groups is 1. The van der Waals surface area contributed by atoms with E-state index in [-0.39, 0.29) is 23.7 Å². The van der Waals surface area contributed by atoms with E-state index in [1.165, 1.54) is 6.07 Å². The molecular weight excluding hydrogens is 395 g/mol. The van der Waals surface area contributed by atoms with Crippen LogP contribution in [0.5, 0.6) is 0 Å². The van der Waals surface area contributed by atoms with Gasteiger partial charge >= 0.3 is 0 Å². The number of hydrogen-bond acceptors (Lipinski definition) is 4. The third kappa shape index (κ3) is 6.61. The second-order valence-electron chi connectivity index (χ2n) is 8.75. The van der Waals surface area contributed by atoms with Gasteiger partial charge in [-0.3, -0.25) is 4.79 Å². The van der Waals surface area contributed by atoms with Gasteiger partial charge in [0.15, 0.2) is 0 Å². The van der Waals surface area contributed by atoms with E-state index in [1.54, 1.807) is 29.2 Å². The standard InChI is InChI=1S/C24H35FN4O2/c1-18(15-29(12-4-11-26)24(30)23-14-27-17-28(23)2)16-31-22-9-7-19(8-10-22)20-5-3-6-21(25)13-20/h3,5-6,13-14,17-19,22H,4,7-12,15-16,26H2,1-2H3/t18?,19-,22+. The highest BCUT2D eigenvalue weighted by molar-refractivity contribution is 5.92. The van der Waals surface area contributed by atoms with Gasteiger partial charge in [0.2, 0.25) is 0 Å². The van der Waals surface area contributed by atoms with E-state index in [0.29, 0.717) is 37.9 Å². The largest absolute Gasteiger partial charge is 0.378 e. The van der Waals surface area contributed by atoms with Crippen LogP contribution in [-0.4, -0.2) is 52.7 Å². The quantitative estimate of drug-likeness (QED) is 0.623. The van der Waals surface area contributed by atoms with Gasteiger partial charge in [-0.25, -0.2) is 9.37 Å². The molecule has 0 aliphatic heterocycles. The van der Waals surface area contributed by atoms with Gasteiger partial charge in [0.05, 0.1) is 25.2 Å². The van der Waals surface area contributed by atoms with Crippen LogP contribution < -0.4 is 5.73 Å². The van der Waals surface area contributed by atoms with Crippen LogP contribution in [0, 0.1) is 11.7 Å². The number of carbonyl (C=O) groups excluding carboxylic acids is 1. The fourth-order valence-electron chi connectivity index (χ4n) is 4.34. The number of benzene rings is 1. The van der Waals surface area contributed by atoms with Crippen LogP contribution in [0.15, 0.2) is 36.8 Å². The van der Waals surface area contributed by atoms with Crippen molar-refractivity contribution < 1.29 is 13.9 Å². The van der Waals surface area contributed by atoms with Crippen LogP contribution in [0.25, 0.3) is 0 Å². The number of hydrogen-bond donors (Lipinski definition) is 1.